The van der Waals surface area contributed by atoms with Crippen molar-refractivity contribution in [2.24, 2.45) is 0 Å². The summed E-state index contributed by atoms with van der Waals surface area (Å²) in [5.74, 6) is 0. The predicted molar refractivity (Wildman–Crippen MR) is 90.3 cm³/mol. The van der Waals surface area contributed by atoms with E-state index < -0.39 is 0 Å². The molecule has 0 aliphatic heterocycles. The Bertz CT molecular complexity index is 705. The molecule has 0 radical (unpaired) electrons. The zero-order valence-electron chi connectivity index (χ0n) is 13.8. The highest BCUT2D eigenvalue weighted by Crippen LogP contribution is 2.21. The van der Waals surface area contributed by atoms with Crippen LogP contribution in [0, 0.1) is 13.8 Å². The van der Waals surface area contributed by atoms with Gasteiger partial charge in [-0.3, -0.25) is 4.79 Å². The molecule has 4 heteroatoms. The van der Waals surface area contributed by atoms with Crippen LogP contribution in [0.5, 0.6) is 0 Å². The number of methoxy groups -OCH3 is 1. The smallest absolute Gasteiger partial charge is 0.255 e. The average Bonchev–Trinajstić information content (AvgIpc) is 2.51. The van der Waals surface area contributed by atoms with Crippen LogP contribution in [0.1, 0.15) is 16.7 Å². The van der Waals surface area contributed by atoms with Crippen molar-refractivity contribution >= 4 is 0 Å². The van der Waals surface area contributed by atoms with E-state index in [1.54, 1.807) is 11.7 Å². The summed E-state index contributed by atoms with van der Waals surface area (Å²) >= 11 is 0. The average molecular weight is 300 g/mol. The van der Waals surface area contributed by atoms with Crippen LogP contribution in [0.2, 0.25) is 0 Å². The number of benzene rings is 1. The van der Waals surface area contributed by atoms with Crippen molar-refractivity contribution in [2.45, 2.75) is 26.9 Å². The summed E-state index contributed by atoms with van der Waals surface area (Å²) in [7, 11) is 3.49. The molecular weight excluding hydrogens is 276 g/mol. The summed E-state index contributed by atoms with van der Waals surface area (Å²) in [6, 6.07) is 10.2. The summed E-state index contributed by atoms with van der Waals surface area (Å²) in [6.07, 6.45) is 0. The van der Waals surface area contributed by atoms with Crippen LogP contribution in [0.25, 0.3) is 11.3 Å². The van der Waals surface area contributed by atoms with Crippen LogP contribution >= 0.6 is 0 Å². The van der Waals surface area contributed by atoms with Gasteiger partial charge < -0.3 is 14.6 Å². The lowest BCUT2D eigenvalue weighted by Gasteiger charge is -2.15. The molecule has 2 rings (SSSR count). The number of nitrogens with zero attached hydrogens (tertiary/aromatic N) is 1. The fraction of sp³-hybridized carbons (Fsp3) is 0.389. The monoisotopic (exact) mass is 300 g/mol. The van der Waals surface area contributed by atoms with E-state index in [4.69, 9.17) is 4.74 Å². The first-order valence-corrected chi connectivity index (χ1v) is 7.52. The van der Waals surface area contributed by atoms with Gasteiger partial charge in [0.25, 0.3) is 5.56 Å². The second-order valence-electron chi connectivity index (χ2n) is 5.52. The molecule has 1 N–H and O–H groups in total. The van der Waals surface area contributed by atoms with E-state index >= 15 is 0 Å². The first-order chi connectivity index (χ1) is 10.6. The lowest BCUT2D eigenvalue weighted by Crippen LogP contribution is -2.28. The SMILES string of the molecule is CNCc1ccc(-c2ccc(C)c(C)c2)n(CCOC)c1=O. The van der Waals surface area contributed by atoms with Gasteiger partial charge in [-0.1, -0.05) is 18.2 Å². The Labute approximate surface area is 131 Å². The van der Waals surface area contributed by atoms with Crippen LogP contribution in [0.15, 0.2) is 35.1 Å². The van der Waals surface area contributed by atoms with Crippen molar-refractivity contribution < 1.29 is 4.74 Å². The maximum Gasteiger partial charge on any atom is 0.255 e. The van der Waals surface area contributed by atoms with Gasteiger partial charge in [-0.05, 0) is 49.7 Å². The second-order valence-corrected chi connectivity index (χ2v) is 5.52. The largest absolute Gasteiger partial charge is 0.383 e. The van der Waals surface area contributed by atoms with E-state index in [2.05, 4.69) is 37.4 Å². The molecule has 0 aliphatic rings. The summed E-state index contributed by atoms with van der Waals surface area (Å²) in [4.78, 5) is 12.7. The molecular formula is C18H24N2O2. The Kier molecular flexibility index (Phi) is 5.52. The Morgan fingerprint density at radius 2 is 1.91 bits per heavy atom. The van der Waals surface area contributed by atoms with E-state index in [1.807, 2.05) is 19.2 Å². The van der Waals surface area contributed by atoms with Gasteiger partial charge in [0, 0.05) is 25.8 Å². The zero-order valence-corrected chi connectivity index (χ0v) is 13.8. The molecule has 2 aromatic rings. The quantitative estimate of drug-likeness (QED) is 0.891. The molecule has 0 amide bonds. The van der Waals surface area contributed by atoms with Gasteiger partial charge in [0.15, 0.2) is 0 Å². The van der Waals surface area contributed by atoms with Gasteiger partial charge in [-0.15, -0.1) is 0 Å². The molecule has 0 fully saturated rings. The Balaban J connectivity index is 2.56. The second kappa shape index (κ2) is 7.38. The van der Waals surface area contributed by atoms with Crippen molar-refractivity contribution in [1.82, 2.24) is 9.88 Å². The van der Waals surface area contributed by atoms with Crippen molar-refractivity contribution in [2.75, 3.05) is 20.8 Å². The number of aryl methyl sites for hydroxylation is 2. The number of nitrogens with one attached hydrogen (secondary N) is 1. The van der Waals surface area contributed by atoms with E-state index in [1.165, 1.54) is 11.1 Å². The normalized spacial score (nSPS) is 10.9. The summed E-state index contributed by atoms with van der Waals surface area (Å²) < 4.78 is 6.96. The summed E-state index contributed by atoms with van der Waals surface area (Å²) in [5.41, 5.74) is 5.29. The van der Waals surface area contributed by atoms with Gasteiger partial charge in [-0.2, -0.15) is 0 Å². The van der Waals surface area contributed by atoms with Gasteiger partial charge in [0.05, 0.1) is 12.3 Å². The Hall–Kier alpha value is -1.91. The number of rotatable bonds is 6. The molecule has 1 aromatic heterocycles. The molecule has 0 atom stereocenters. The molecule has 4 nitrogen and oxygen atoms in total. The molecule has 1 aromatic carbocycles. The molecule has 0 spiro atoms. The van der Waals surface area contributed by atoms with Crippen molar-refractivity contribution in [3.8, 4) is 11.3 Å². The van der Waals surface area contributed by atoms with Gasteiger partial charge in [-0.25, -0.2) is 0 Å². The lowest BCUT2D eigenvalue weighted by molar-refractivity contribution is 0.186. The minimum atomic E-state index is 0.0436. The third-order valence-corrected chi connectivity index (χ3v) is 3.94. The van der Waals surface area contributed by atoms with Gasteiger partial charge >= 0.3 is 0 Å². The highest BCUT2D eigenvalue weighted by molar-refractivity contribution is 5.61. The molecule has 0 saturated carbocycles. The molecule has 0 unspecified atom stereocenters. The lowest BCUT2D eigenvalue weighted by atomic mass is 10.0. The maximum absolute atomic E-state index is 12.7. The van der Waals surface area contributed by atoms with Crippen LogP contribution < -0.4 is 10.9 Å². The molecule has 118 valence electrons. The van der Waals surface area contributed by atoms with Crippen molar-refractivity contribution in [3.05, 3.63) is 57.4 Å². The van der Waals surface area contributed by atoms with Gasteiger partial charge in [0.1, 0.15) is 0 Å². The number of hydrogen-bond donors (Lipinski definition) is 1. The Morgan fingerprint density at radius 1 is 1.14 bits per heavy atom. The maximum atomic E-state index is 12.7. The minimum Gasteiger partial charge on any atom is -0.383 e. The van der Waals surface area contributed by atoms with Crippen molar-refractivity contribution in [3.63, 3.8) is 0 Å². The Morgan fingerprint density at radius 3 is 2.55 bits per heavy atom. The summed E-state index contributed by atoms with van der Waals surface area (Å²) in [5, 5.41) is 3.04. The third-order valence-electron chi connectivity index (χ3n) is 3.94. The van der Waals surface area contributed by atoms with E-state index in [9.17, 15) is 4.79 Å². The van der Waals surface area contributed by atoms with E-state index in [0.29, 0.717) is 19.7 Å². The zero-order chi connectivity index (χ0) is 16.1. The van der Waals surface area contributed by atoms with Crippen LogP contribution in [0.3, 0.4) is 0 Å². The van der Waals surface area contributed by atoms with Crippen LogP contribution in [-0.4, -0.2) is 25.3 Å². The fourth-order valence-electron chi connectivity index (χ4n) is 2.51. The standard InChI is InChI=1S/C18H24N2O2/c1-13-5-6-15(11-14(13)2)17-8-7-16(12-19-3)18(21)20(17)9-10-22-4/h5-8,11,19H,9-10,12H2,1-4H3. The molecule has 1 heterocycles. The first-order valence-electron chi connectivity index (χ1n) is 7.52. The number of hydrogen-bond acceptors (Lipinski definition) is 3. The topological polar surface area (TPSA) is 43.3 Å². The van der Waals surface area contributed by atoms with Gasteiger partial charge in [0.2, 0.25) is 0 Å². The minimum absolute atomic E-state index is 0.0436. The van der Waals surface area contributed by atoms with E-state index in [-0.39, 0.29) is 5.56 Å². The predicted octanol–water partition coefficient (Wildman–Crippen LogP) is 2.50. The van der Waals surface area contributed by atoms with Crippen LogP contribution in [-0.2, 0) is 17.8 Å². The van der Waals surface area contributed by atoms with Crippen molar-refractivity contribution in [1.29, 1.82) is 0 Å². The fourth-order valence-corrected chi connectivity index (χ4v) is 2.51. The number of pyridine rings is 1. The highest BCUT2D eigenvalue weighted by Gasteiger charge is 2.10. The number of ether oxygens (including phenoxy) is 1. The molecule has 0 saturated heterocycles. The highest BCUT2D eigenvalue weighted by atomic mass is 16.5. The van der Waals surface area contributed by atoms with Crippen LogP contribution in [0.4, 0.5) is 0 Å². The van der Waals surface area contributed by atoms with E-state index in [0.717, 1.165) is 16.8 Å². The summed E-state index contributed by atoms with van der Waals surface area (Å²) in [6.45, 7) is 5.81. The third kappa shape index (κ3) is 3.46. The number of aromatic nitrogens is 1. The molecule has 0 aliphatic carbocycles. The first kappa shape index (κ1) is 16.5. The molecule has 0 bridgehead atoms. The molecule has 22 heavy (non-hydrogen) atoms.